The fourth-order valence-corrected chi connectivity index (χ4v) is 2.37. The topological polar surface area (TPSA) is 104 Å². The van der Waals surface area contributed by atoms with Gasteiger partial charge in [0.25, 0.3) is 5.91 Å². The van der Waals surface area contributed by atoms with Gasteiger partial charge in [0.05, 0.1) is 0 Å². The van der Waals surface area contributed by atoms with E-state index in [4.69, 9.17) is 0 Å². The molecule has 0 bridgehead atoms. The molecule has 0 spiro atoms. The summed E-state index contributed by atoms with van der Waals surface area (Å²) >= 11 is 1.26. The van der Waals surface area contributed by atoms with Crippen molar-refractivity contribution in [3.63, 3.8) is 0 Å². The third kappa shape index (κ3) is 2.93. The van der Waals surface area contributed by atoms with E-state index in [0.717, 1.165) is 9.91 Å². The van der Waals surface area contributed by atoms with Crippen molar-refractivity contribution < 1.29 is 14.4 Å². The number of anilines is 1. The summed E-state index contributed by atoms with van der Waals surface area (Å²) in [5.74, 6) is -0.645. The molecule has 1 fully saturated rings. The second kappa shape index (κ2) is 5.16. The second-order valence-electron chi connectivity index (χ2n) is 4.94. The number of nitrogens with zero attached hydrogens (tertiary/aromatic N) is 3. The van der Waals surface area contributed by atoms with Crippen LogP contribution in [0.5, 0.6) is 0 Å². The molecule has 0 saturated carbocycles. The normalized spacial score (nSPS) is 17.2. The number of aromatic nitrogens is 2. The highest BCUT2D eigenvalue weighted by atomic mass is 32.1. The Balaban J connectivity index is 1.88. The fraction of sp³-hybridized carbons (Fsp3) is 0.545. The molecule has 0 atom stereocenters. The predicted molar refractivity (Wildman–Crippen MR) is 72.2 cm³/mol. The molecule has 2 N–H and O–H groups in total. The van der Waals surface area contributed by atoms with Crippen molar-refractivity contribution in [2.45, 2.75) is 32.7 Å². The standard InChI is InChI=1S/C11H15N5O3S/c1-6-14-15-9(20-6)12-7(17)4-5-16-8(18)11(2,3)13-10(16)19/h4-5H2,1-3H3,(H,13,19)(H,12,15,17). The van der Waals surface area contributed by atoms with E-state index in [1.807, 2.05) is 0 Å². The molecule has 2 heterocycles. The molecule has 1 aromatic rings. The Bertz CT molecular complexity index is 568. The van der Waals surface area contributed by atoms with Gasteiger partial charge in [0.15, 0.2) is 0 Å². The zero-order valence-corrected chi connectivity index (χ0v) is 12.2. The lowest BCUT2D eigenvalue weighted by atomic mass is 10.1. The van der Waals surface area contributed by atoms with Crippen molar-refractivity contribution in [2.75, 3.05) is 11.9 Å². The third-order valence-electron chi connectivity index (χ3n) is 2.78. The van der Waals surface area contributed by atoms with Crippen LogP contribution in [0.1, 0.15) is 25.3 Å². The minimum absolute atomic E-state index is 0.0217. The molecule has 1 saturated heterocycles. The monoisotopic (exact) mass is 297 g/mol. The summed E-state index contributed by atoms with van der Waals surface area (Å²) < 4.78 is 0. The van der Waals surface area contributed by atoms with E-state index in [0.29, 0.717) is 5.13 Å². The number of nitrogens with one attached hydrogen (secondary N) is 2. The number of aryl methyl sites for hydroxylation is 1. The van der Waals surface area contributed by atoms with Crippen LogP contribution in [0.2, 0.25) is 0 Å². The first-order valence-electron chi connectivity index (χ1n) is 6.03. The van der Waals surface area contributed by atoms with Crippen molar-refractivity contribution in [3.05, 3.63) is 5.01 Å². The lowest BCUT2D eigenvalue weighted by Crippen LogP contribution is -2.40. The Labute approximate surface area is 119 Å². The van der Waals surface area contributed by atoms with Crippen molar-refractivity contribution in [1.82, 2.24) is 20.4 Å². The van der Waals surface area contributed by atoms with E-state index in [1.165, 1.54) is 11.3 Å². The van der Waals surface area contributed by atoms with E-state index < -0.39 is 11.6 Å². The van der Waals surface area contributed by atoms with Gasteiger partial charge in [-0.05, 0) is 20.8 Å². The fourth-order valence-electron chi connectivity index (χ4n) is 1.76. The van der Waals surface area contributed by atoms with Gasteiger partial charge in [-0.1, -0.05) is 11.3 Å². The molecule has 2 rings (SSSR count). The Morgan fingerprint density at radius 3 is 2.60 bits per heavy atom. The first-order chi connectivity index (χ1) is 9.29. The summed E-state index contributed by atoms with van der Waals surface area (Å²) in [6, 6.07) is -0.473. The lowest BCUT2D eigenvalue weighted by molar-refractivity contribution is -0.130. The Hall–Kier alpha value is -2.03. The van der Waals surface area contributed by atoms with E-state index in [2.05, 4.69) is 20.8 Å². The first-order valence-corrected chi connectivity index (χ1v) is 6.85. The number of hydrogen-bond donors (Lipinski definition) is 2. The Morgan fingerprint density at radius 1 is 1.40 bits per heavy atom. The van der Waals surface area contributed by atoms with Crippen molar-refractivity contribution in [2.24, 2.45) is 0 Å². The van der Waals surface area contributed by atoms with Crippen LogP contribution in [0.4, 0.5) is 9.93 Å². The maximum absolute atomic E-state index is 11.9. The highest BCUT2D eigenvalue weighted by Crippen LogP contribution is 2.17. The molecule has 108 valence electrons. The van der Waals surface area contributed by atoms with E-state index >= 15 is 0 Å². The second-order valence-corrected chi connectivity index (χ2v) is 6.12. The number of carbonyl (C=O) groups excluding carboxylic acids is 3. The van der Waals surface area contributed by atoms with Crippen LogP contribution >= 0.6 is 11.3 Å². The van der Waals surface area contributed by atoms with Crippen LogP contribution in [0.15, 0.2) is 0 Å². The van der Waals surface area contributed by atoms with Gasteiger partial charge in [0.2, 0.25) is 11.0 Å². The van der Waals surface area contributed by atoms with Crippen LogP contribution in [0, 0.1) is 6.92 Å². The summed E-state index contributed by atoms with van der Waals surface area (Å²) in [5.41, 5.74) is -0.913. The Kier molecular flexibility index (Phi) is 3.71. The van der Waals surface area contributed by atoms with Crippen LogP contribution in [0.3, 0.4) is 0 Å². The number of imide groups is 1. The maximum atomic E-state index is 11.9. The van der Waals surface area contributed by atoms with Crippen molar-refractivity contribution >= 4 is 34.3 Å². The molecule has 0 aliphatic carbocycles. The number of hydrogen-bond acceptors (Lipinski definition) is 6. The molecule has 9 heteroatoms. The summed E-state index contributed by atoms with van der Waals surface area (Å²) in [5, 5.41) is 13.8. The highest BCUT2D eigenvalue weighted by Gasteiger charge is 2.43. The molecular weight excluding hydrogens is 282 g/mol. The van der Waals surface area contributed by atoms with Gasteiger partial charge in [-0.3, -0.25) is 14.5 Å². The van der Waals surface area contributed by atoms with Crippen molar-refractivity contribution in [1.29, 1.82) is 0 Å². The van der Waals surface area contributed by atoms with Gasteiger partial charge in [-0.2, -0.15) is 0 Å². The number of rotatable bonds is 4. The molecular formula is C11H15N5O3S. The van der Waals surface area contributed by atoms with Gasteiger partial charge >= 0.3 is 6.03 Å². The predicted octanol–water partition coefficient (Wildman–Crippen LogP) is 0.506. The van der Waals surface area contributed by atoms with E-state index in [-0.39, 0.29) is 24.8 Å². The van der Waals surface area contributed by atoms with Crippen LogP contribution in [0.25, 0.3) is 0 Å². The van der Waals surface area contributed by atoms with Gasteiger partial charge in [0.1, 0.15) is 10.5 Å². The van der Waals surface area contributed by atoms with Gasteiger partial charge in [-0.15, -0.1) is 10.2 Å². The number of urea groups is 1. The first kappa shape index (κ1) is 14.4. The van der Waals surface area contributed by atoms with Gasteiger partial charge < -0.3 is 10.6 Å². The molecule has 0 aromatic carbocycles. The average molecular weight is 297 g/mol. The van der Waals surface area contributed by atoms with E-state index in [1.54, 1.807) is 20.8 Å². The Morgan fingerprint density at radius 2 is 2.10 bits per heavy atom. The molecule has 0 unspecified atom stereocenters. The minimum atomic E-state index is -0.913. The number of amides is 4. The summed E-state index contributed by atoms with van der Waals surface area (Å²) in [6.45, 7) is 5.06. The quantitative estimate of drug-likeness (QED) is 0.788. The molecule has 4 amide bonds. The SMILES string of the molecule is Cc1nnc(NC(=O)CCN2C(=O)NC(C)(C)C2=O)s1. The zero-order chi connectivity index (χ0) is 14.9. The van der Waals surface area contributed by atoms with Gasteiger partial charge in [0, 0.05) is 13.0 Å². The molecule has 1 aliphatic heterocycles. The van der Waals surface area contributed by atoms with Crippen LogP contribution in [-0.4, -0.2) is 45.0 Å². The third-order valence-corrected chi connectivity index (χ3v) is 3.53. The average Bonchev–Trinajstić information content (AvgIpc) is 2.81. The highest BCUT2D eigenvalue weighted by molar-refractivity contribution is 7.15. The van der Waals surface area contributed by atoms with Crippen molar-refractivity contribution in [3.8, 4) is 0 Å². The van der Waals surface area contributed by atoms with E-state index in [9.17, 15) is 14.4 Å². The van der Waals surface area contributed by atoms with Crippen LogP contribution in [-0.2, 0) is 9.59 Å². The zero-order valence-electron chi connectivity index (χ0n) is 11.4. The molecule has 1 aliphatic rings. The summed E-state index contributed by atoms with van der Waals surface area (Å²) in [7, 11) is 0. The summed E-state index contributed by atoms with van der Waals surface area (Å²) in [6.07, 6.45) is 0.0217. The largest absolute Gasteiger partial charge is 0.325 e. The minimum Gasteiger partial charge on any atom is -0.324 e. The van der Waals surface area contributed by atoms with Gasteiger partial charge in [-0.25, -0.2) is 4.79 Å². The maximum Gasteiger partial charge on any atom is 0.325 e. The smallest absolute Gasteiger partial charge is 0.324 e. The molecule has 0 radical (unpaired) electrons. The van der Waals surface area contributed by atoms with Crippen LogP contribution < -0.4 is 10.6 Å². The number of carbonyl (C=O) groups is 3. The molecule has 20 heavy (non-hydrogen) atoms. The molecule has 1 aromatic heterocycles. The molecule has 8 nitrogen and oxygen atoms in total. The summed E-state index contributed by atoms with van der Waals surface area (Å²) in [4.78, 5) is 36.3. The lowest BCUT2D eigenvalue weighted by Gasteiger charge is -2.15.